The van der Waals surface area contributed by atoms with Gasteiger partial charge in [0.2, 0.25) is 0 Å². The van der Waals surface area contributed by atoms with Crippen LogP contribution in [0.4, 0.5) is 13.2 Å². The zero-order chi connectivity index (χ0) is 22.1. The van der Waals surface area contributed by atoms with Crippen LogP contribution >= 0.6 is 11.3 Å². The molecule has 2 aromatic heterocycles. The van der Waals surface area contributed by atoms with Crippen molar-refractivity contribution in [3.63, 3.8) is 0 Å². The Labute approximate surface area is 172 Å². The van der Waals surface area contributed by atoms with Gasteiger partial charge < -0.3 is 0 Å². The summed E-state index contributed by atoms with van der Waals surface area (Å²) in [5.41, 5.74) is -0.555. The molecule has 1 unspecified atom stereocenters. The van der Waals surface area contributed by atoms with Gasteiger partial charge in [-0.15, -0.1) is 0 Å². The molecule has 1 aromatic carbocycles. The molecule has 7 nitrogen and oxygen atoms in total. The fourth-order valence-electron chi connectivity index (χ4n) is 2.82. The van der Waals surface area contributed by atoms with Crippen LogP contribution in [0.15, 0.2) is 29.3 Å². The molecule has 0 radical (unpaired) electrons. The van der Waals surface area contributed by atoms with Crippen LogP contribution in [0.3, 0.4) is 0 Å². The van der Waals surface area contributed by atoms with Crippen LogP contribution in [0.5, 0.6) is 5.75 Å². The molecular weight excluding hydrogens is 422 g/mol. The first-order valence-corrected chi connectivity index (χ1v) is 9.25. The van der Waals surface area contributed by atoms with Gasteiger partial charge in [0.25, 0.3) is 0 Å². The second-order valence-electron chi connectivity index (χ2n) is 6.05. The first kappa shape index (κ1) is 21.6. The molecule has 1 N–H and O–H groups in total. The van der Waals surface area contributed by atoms with E-state index in [9.17, 15) is 27.8 Å². The van der Waals surface area contributed by atoms with E-state index >= 15 is 0 Å². The van der Waals surface area contributed by atoms with E-state index in [1.165, 1.54) is 19.2 Å². The van der Waals surface area contributed by atoms with Gasteiger partial charge >= 0.3 is 159 Å². The number of carboxylic acid groups (broad SMARTS) is 1. The van der Waals surface area contributed by atoms with Crippen LogP contribution in [-0.4, -0.2) is 41.4 Å². The van der Waals surface area contributed by atoms with Gasteiger partial charge in [-0.1, -0.05) is 0 Å². The minimum atomic E-state index is -4.63. The van der Waals surface area contributed by atoms with Crippen molar-refractivity contribution in [3.8, 4) is 16.3 Å². The summed E-state index contributed by atoms with van der Waals surface area (Å²) in [7, 11) is 1.78. The van der Waals surface area contributed by atoms with Gasteiger partial charge in [-0.2, -0.15) is 13.2 Å². The summed E-state index contributed by atoms with van der Waals surface area (Å²) in [4.78, 5) is 23.5. The Balaban J connectivity index is 2.23. The van der Waals surface area contributed by atoms with E-state index in [2.05, 4.69) is 15.0 Å². The number of hydrogen-bond donors (Lipinski definition) is 1. The van der Waals surface area contributed by atoms with E-state index in [1.807, 2.05) is 0 Å². The van der Waals surface area contributed by atoms with Crippen molar-refractivity contribution in [2.45, 2.75) is 19.1 Å². The summed E-state index contributed by atoms with van der Waals surface area (Å²) >= 11 is 0.857. The average molecular weight is 435 g/mol. The van der Waals surface area contributed by atoms with Gasteiger partial charge in [-0.05, 0) is 0 Å². The number of aliphatic imine (C=N–C) groups is 1. The van der Waals surface area contributed by atoms with Gasteiger partial charge in [-0.3, -0.25) is 0 Å². The maximum atomic E-state index is 13.1. The maximum absolute atomic E-state index is 13.1. The van der Waals surface area contributed by atoms with Gasteiger partial charge in [-0.25, -0.2) is 0 Å². The summed E-state index contributed by atoms with van der Waals surface area (Å²) in [5, 5.41) is 10.1. The number of halogens is 3. The average Bonchev–Trinajstić information content (AvgIpc) is 3.15. The van der Waals surface area contributed by atoms with E-state index < -0.39 is 23.9 Å². The Morgan fingerprint density at radius 3 is 2.63 bits per heavy atom. The Morgan fingerprint density at radius 1 is 1.30 bits per heavy atom. The monoisotopic (exact) mass is 435 g/mol. The molecule has 0 aliphatic carbocycles. The third-order valence-electron chi connectivity index (χ3n) is 4.17. The molecule has 3 rings (SSSR count). The molecule has 1 atom stereocenters. The number of hydrogen-bond acceptors (Lipinski definition) is 7. The molecule has 154 valence electrons. The molecule has 0 aliphatic rings. The molecule has 30 heavy (non-hydrogen) atoms. The van der Waals surface area contributed by atoms with Crippen LogP contribution in [0, 0.1) is 0 Å². The SMILES string of the molecule is COc1ccc(-c2nc(C(C)N=CB=O)c(C(=O)O)s2)c2ccc(C(F)(F)F)nc12. The van der Waals surface area contributed by atoms with Crippen LogP contribution in [0.25, 0.3) is 21.5 Å². The Bertz CT molecular complexity index is 1160. The number of rotatable bonds is 6. The molecule has 0 saturated heterocycles. The summed E-state index contributed by atoms with van der Waals surface area (Å²) < 4.78 is 54.9. The number of alkyl halides is 3. The standard InChI is InChI=1S/C18H13BF3N3O4S/c1-8(23-7-19-28)13-15(17(26)27)30-16(25-13)10-3-5-11(29-2)14-9(10)4-6-12(24-14)18(20,21)22/h3-8H,1-2H3,(H,26,27). The number of nitrogens with zero attached hydrogens (tertiary/aromatic N) is 3. The quantitative estimate of drug-likeness (QED) is 0.460. The number of benzene rings is 1. The molecule has 2 heterocycles. The van der Waals surface area contributed by atoms with Crippen molar-refractivity contribution in [2.75, 3.05) is 7.11 Å². The normalized spacial score (nSPS) is 12.8. The molecule has 0 spiro atoms. The van der Waals surface area contributed by atoms with Crippen molar-refractivity contribution in [3.05, 3.63) is 40.5 Å². The van der Waals surface area contributed by atoms with Crippen LogP contribution < -0.4 is 4.74 Å². The second kappa shape index (κ2) is 8.30. The Hall–Kier alpha value is -3.15. The topological polar surface area (TPSA) is 102 Å². The fourth-order valence-corrected chi connectivity index (χ4v) is 3.85. The number of aromatic carboxylic acids is 1. The molecule has 0 saturated carbocycles. The van der Waals surface area contributed by atoms with Crippen LogP contribution in [0.2, 0.25) is 0 Å². The molecule has 0 fully saturated rings. The third kappa shape index (κ3) is 4.08. The third-order valence-corrected chi connectivity index (χ3v) is 5.27. The number of carboxylic acids is 1. The predicted octanol–water partition coefficient (Wildman–Crippen LogP) is 4.22. The number of aromatic nitrogens is 2. The second-order valence-corrected chi connectivity index (χ2v) is 7.05. The predicted molar refractivity (Wildman–Crippen MR) is 105 cm³/mol. The van der Waals surface area contributed by atoms with Crippen LogP contribution in [-0.2, 0) is 10.9 Å². The van der Waals surface area contributed by atoms with Gasteiger partial charge in [0.1, 0.15) is 0 Å². The van der Waals surface area contributed by atoms with Crippen LogP contribution in [0.1, 0.15) is 34.0 Å². The van der Waals surface area contributed by atoms with Crippen molar-refractivity contribution in [1.82, 2.24) is 9.97 Å². The number of ether oxygens (including phenoxy) is 1. The van der Waals surface area contributed by atoms with E-state index in [0.717, 1.165) is 23.5 Å². The van der Waals surface area contributed by atoms with Gasteiger partial charge in [0.05, 0.1) is 0 Å². The summed E-state index contributed by atoms with van der Waals surface area (Å²) in [6.07, 6.45) is -3.63. The molecule has 0 aliphatic heterocycles. The first-order valence-electron chi connectivity index (χ1n) is 8.43. The number of carbonyl (C=O) groups is 1. The van der Waals surface area contributed by atoms with E-state index in [0.29, 0.717) is 18.1 Å². The fraction of sp³-hybridized carbons (Fsp3) is 0.222. The Kier molecular flexibility index (Phi) is 5.97. The van der Waals surface area contributed by atoms with E-state index in [4.69, 9.17) is 4.74 Å². The van der Waals surface area contributed by atoms with E-state index in [-0.39, 0.29) is 26.8 Å². The summed E-state index contributed by atoms with van der Waals surface area (Å²) in [6, 6.07) is 4.41. The Morgan fingerprint density at radius 2 is 2.03 bits per heavy atom. The molecule has 12 heteroatoms. The number of methoxy groups -OCH3 is 1. The number of thiazole rings is 1. The molecule has 3 aromatic rings. The minimum absolute atomic E-state index is 0.0227. The van der Waals surface area contributed by atoms with Gasteiger partial charge in [0, 0.05) is 0 Å². The van der Waals surface area contributed by atoms with E-state index in [1.54, 1.807) is 13.0 Å². The van der Waals surface area contributed by atoms with Crippen molar-refractivity contribution >= 4 is 41.5 Å². The zero-order valence-corrected chi connectivity index (χ0v) is 16.4. The zero-order valence-electron chi connectivity index (χ0n) is 15.6. The number of pyridine rings is 1. The molecule has 0 amide bonds. The molecule has 0 bridgehead atoms. The van der Waals surface area contributed by atoms with Gasteiger partial charge in [0.15, 0.2) is 0 Å². The first-order chi connectivity index (χ1) is 14.2. The summed E-state index contributed by atoms with van der Waals surface area (Å²) in [6.45, 7) is 1.58. The molecular formula is C18H13BF3N3O4S. The van der Waals surface area contributed by atoms with Crippen molar-refractivity contribution in [2.24, 2.45) is 4.99 Å². The van der Waals surface area contributed by atoms with Crippen molar-refractivity contribution < 1.29 is 32.5 Å². The number of fused-ring (bicyclic) bond motifs is 1. The summed E-state index contributed by atoms with van der Waals surface area (Å²) in [5.74, 6) is -1.09. The van der Waals surface area contributed by atoms with Crippen molar-refractivity contribution in [1.29, 1.82) is 0 Å².